The van der Waals surface area contributed by atoms with Crippen molar-refractivity contribution in [1.82, 2.24) is 0 Å². The minimum absolute atomic E-state index is 0.0569. The molecule has 4 nitrogen and oxygen atoms in total. The lowest BCUT2D eigenvalue weighted by Gasteiger charge is -2.07. The van der Waals surface area contributed by atoms with E-state index in [1.165, 1.54) is 0 Å². The van der Waals surface area contributed by atoms with E-state index in [-0.39, 0.29) is 11.9 Å². The molecule has 0 saturated carbocycles. The Morgan fingerprint density at radius 1 is 1.36 bits per heavy atom. The van der Waals surface area contributed by atoms with Crippen molar-refractivity contribution in [2.24, 2.45) is 10.7 Å². The Labute approximate surface area is 94.3 Å². The summed E-state index contributed by atoms with van der Waals surface area (Å²) in [6.45, 7) is 0. The molecular formula is C9H7IN2O2. The molecule has 2 N–H and O–H groups in total. The van der Waals surface area contributed by atoms with Crippen LogP contribution in [0.15, 0.2) is 29.3 Å². The predicted octanol–water partition coefficient (Wildman–Crippen LogP) is 1.20. The van der Waals surface area contributed by atoms with Gasteiger partial charge in [0.1, 0.15) is 0 Å². The number of amidine groups is 1. The van der Waals surface area contributed by atoms with Gasteiger partial charge in [-0.25, -0.2) is 0 Å². The summed E-state index contributed by atoms with van der Waals surface area (Å²) in [6, 6.07) is 7.41. The Balaban J connectivity index is 2.26. The van der Waals surface area contributed by atoms with Crippen molar-refractivity contribution in [3.63, 3.8) is 0 Å². The van der Waals surface area contributed by atoms with Gasteiger partial charge in [0.2, 0.25) is 6.10 Å². The first-order chi connectivity index (χ1) is 6.66. The molecule has 0 aromatic heterocycles. The number of ether oxygens (including phenoxy) is 1. The third-order valence-electron chi connectivity index (χ3n) is 1.86. The van der Waals surface area contributed by atoms with Crippen LogP contribution in [0.3, 0.4) is 0 Å². The first-order valence-electron chi connectivity index (χ1n) is 3.97. The number of amides is 1. The Bertz CT molecular complexity index is 400. The normalized spacial score (nSPS) is 20.5. The van der Waals surface area contributed by atoms with Crippen molar-refractivity contribution in [3.05, 3.63) is 33.4 Å². The zero-order valence-corrected chi connectivity index (χ0v) is 9.26. The van der Waals surface area contributed by atoms with Gasteiger partial charge in [-0.05, 0) is 34.7 Å². The van der Waals surface area contributed by atoms with Crippen molar-refractivity contribution < 1.29 is 9.53 Å². The maximum Gasteiger partial charge on any atom is 0.296 e. The second-order valence-corrected chi connectivity index (χ2v) is 4.08. The summed E-state index contributed by atoms with van der Waals surface area (Å²) in [5.74, 6) is -0.344. The highest BCUT2D eigenvalue weighted by atomic mass is 127. The van der Waals surface area contributed by atoms with E-state index in [1.54, 1.807) is 0 Å². The van der Waals surface area contributed by atoms with Gasteiger partial charge >= 0.3 is 0 Å². The third-order valence-corrected chi connectivity index (χ3v) is 2.58. The summed E-state index contributed by atoms with van der Waals surface area (Å²) in [7, 11) is 0. The molecule has 1 unspecified atom stereocenters. The molecule has 0 radical (unpaired) electrons. The number of nitrogens with zero attached hydrogens (tertiary/aromatic N) is 1. The van der Waals surface area contributed by atoms with Crippen LogP contribution in [0.4, 0.5) is 0 Å². The fourth-order valence-corrected chi connectivity index (χ4v) is 1.57. The molecule has 0 spiro atoms. The first-order valence-corrected chi connectivity index (χ1v) is 5.05. The first kappa shape index (κ1) is 9.45. The minimum Gasteiger partial charge on any atom is -0.447 e. The molecule has 1 atom stereocenters. The van der Waals surface area contributed by atoms with Crippen LogP contribution in [0.1, 0.15) is 11.7 Å². The summed E-state index contributed by atoms with van der Waals surface area (Å²) in [6.07, 6.45) is -0.660. The van der Waals surface area contributed by atoms with Gasteiger partial charge in [0.05, 0.1) is 0 Å². The van der Waals surface area contributed by atoms with E-state index >= 15 is 0 Å². The maximum absolute atomic E-state index is 11.3. The number of hydrogen-bond donors (Lipinski definition) is 1. The second-order valence-electron chi connectivity index (χ2n) is 2.84. The van der Waals surface area contributed by atoms with Gasteiger partial charge in [0.25, 0.3) is 11.9 Å². The summed E-state index contributed by atoms with van der Waals surface area (Å²) >= 11 is 2.19. The van der Waals surface area contributed by atoms with Gasteiger partial charge in [0, 0.05) is 9.13 Å². The molecule has 1 amide bonds. The molecule has 2 rings (SSSR count). The van der Waals surface area contributed by atoms with Gasteiger partial charge in [-0.1, -0.05) is 12.1 Å². The zero-order chi connectivity index (χ0) is 10.1. The number of aliphatic imine (C=N–C) groups is 1. The van der Waals surface area contributed by atoms with Crippen LogP contribution < -0.4 is 5.73 Å². The van der Waals surface area contributed by atoms with E-state index in [9.17, 15) is 4.79 Å². The largest absolute Gasteiger partial charge is 0.447 e. The average Bonchev–Trinajstić information content (AvgIpc) is 2.47. The molecule has 1 aliphatic rings. The molecule has 5 heteroatoms. The standard InChI is InChI=1S/C9H7IN2O2/c10-6-3-1-5(2-4-6)7-8(13)12-9(11)14-7/h1-4,7H,(H2,11,12,13). The van der Waals surface area contributed by atoms with Crippen LogP contribution in [0, 0.1) is 3.57 Å². The van der Waals surface area contributed by atoms with Crippen molar-refractivity contribution in [2.75, 3.05) is 0 Å². The number of nitrogens with two attached hydrogens (primary N) is 1. The molecule has 1 aromatic carbocycles. The highest BCUT2D eigenvalue weighted by molar-refractivity contribution is 14.1. The number of benzene rings is 1. The average molecular weight is 302 g/mol. The molecular weight excluding hydrogens is 295 g/mol. The minimum atomic E-state index is -0.660. The number of halogens is 1. The van der Waals surface area contributed by atoms with Gasteiger partial charge in [-0.2, -0.15) is 4.99 Å². The van der Waals surface area contributed by atoms with E-state index in [4.69, 9.17) is 10.5 Å². The molecule has 1 heterocycles. The monoisotopic (exact) mass is 302 g/mol. The Kier molecular flexibility index (Phi) is 2.40. The van der Waals surface area contributed by atoms with Gasteiger partial charge in [-0.15, -0.1) is 0 Å². The number of carbonyl (C=O) groups excluding carboxylic acids is 1. The Hall–Kier alpha value is -1.11. The summed E-state index contributed by atoms with van der Waals surface area (Å²) < 4.78 is 6.18. The fourth-order valence-electron chi connectivity index (χ4n) is 1.21. The van der Waals surface area contributed by atoms with E-state index < -0.39 is 6.10 Å². The number of hydrogen-bond acceptors (Lipinski definition) is 3. The Morgan fingerprint density at radius 2 is 2.00 bits per heavy atom. The highest BCUT2D eigenvalue weighted by Crippen LogP contribution is 2.23. The lowest BCUT2D eigenvalue weighted by atomic mass is 10.1. The van der Waals surface area contributed by atoms with E-state index in [0.29, 0.717) is 0 Å². The highest BCUT2D eigenvalue weighted by Gasteiger charge is 2.28. The summed E-state index contributed by atoms with van der Waals surface area (Å²) in [4.78, 5) is 14.8. The molecule has 1 aliphatic heterocycles. The van der Waals surface area contributed by atoms with Crippen LogP contribution in [0.5, 0.6) is 0 Å². The molecule has 0 bridgehead atoms. The van der Waals surface area contributed by atoms with Crippen LogP contribution in [0.25, 0.3) is 0 Å². The third kappa shape index (κ3) is 1.72. The van der Waals surface area contributed by atoms with E-state index in [1.807, 2.05) is 24.3 Å². The summed E-state index contributed by atoms with van der Waals surface area (Å²) in [5.41, 5.74) is 6.07. The van der Waals surface area contributed by atoms with E-state index in [0.717, 1.165) is 9.13 Å². The topological polar surface area (TPSA) is 64.7 Å². The molecule has 72 valence electrons. The van der Waals surface area contributed by atoms with Crippen molar-refractivity contribution in [1.29, 1.82) is 0 Å². The van der Waals surface area contributed by atoms with Crippen LogP contribution in [-0.2, 0) is 9.53 Å². The smallest absolute Gasteiger partial charge is 0.296 e. The lowest BCUT2D eigenvalue weighted by molar-refractivity contribution is -0.122. The fraction of sp³-hybridized carbons (Fsp3) is 0.111. The van der Waals surface area contributed by atoms with Crippen molar-refractivity contribution in [2.45, 2.75) is 6.10 Å². The van der Waals surface area contributed by atoms with Crippen LogP contribution in [0.2, 0.25) is 0 Å². The Morgan fingerprint density at radius 3 is 2.50 bits per heavy atom. The summed E-state index contributed by atoms with van der Waals surface area (Å²) in [5, 5.41) is 0. The van der Waals surface area contributed by atoms with Crippen LogP contribution in [-0.4, -0.2) is 11.9 Å². The second kappa shape index (κ2) is 3.56. The van der Waals surface area contributed by atoms with E-state index in [2.05, 4.69) is 27.6 Å². The molecule has 14 heavy (non-hydrogen) atoms. The van der Waals surface area contributed by atoms with Crippen molar-refractivity contribution >= 4 is 34.5 Å². The van der Waals surface area contributed by atoms with Gasteiger partial charge in [0.15, 0.2) is 0 Å². The zero-order valence-electron chi connectivity index (χ0n) is 7.11. The predicted molar refractivity (Wildman–Crippen MR) is 59.6 cm³/mol. The SMILES string of the molecule is NC1=NC(=O)C(c2ccc(I)cc2)O1. The quantitative estimate of drug-likeness (QED) is 0.793. The maximum atomic E-state index is 11.3. The van der Waals surface area contributed by atoms with Crippen molar-refractivity contribution in [3.8, 4) is 0 Å². The molecule has 0 fully saturated rings. The molecule has 0 aliphatic carbocycles. The number of rotatable bonds is 1. The van der Waals surface area contributed by atoms with Gasteiger partial charge in [-0.3, -0.25) is 4.79 Å². The lowest BCUT2D eigenvalue weighted by Crippen LogP contribution is -2.13. The number of carbonyl (C=O) groups is 1. The van der Waals surface area contributed by atoms with Gasteiger partial charge < -0.3 is 10.5 Å². The van der Waals surface area contributed by atoms with Crippen LogP contribution >= 0.6 is 22.6 Å². The molecule has 1 aromatic rings. The molecule has 0 saturated heterocycles.